The molecular weight excluding hydrogens is 314 g/mol. The minimum Gasteiger partial charge on any atom is -0.464 e. The third-order valence-corrected chi connectivity index (χ3v) is 3.61. The lowest BCUT2D eigenvalue weighted by atomic mass is 10.1. The maximum atomic E-state index is 12.4. The second kappa shape index (κ2) is 8.34. The first-order valence-electron chi connectivity index (χ1n) is 7.37. The van der Waals surface area contributed by atoms with Gasteiger partial charge in [-0.2, -0.15) is 0 Å². The van der Waals surface area contributed by atoms with Gasteiger partial charge in [-0.15, -0.1) is 0 Å². The number of carbonyl (C=O) groups excluding carboxylic acids is 2. The van der Waals surface area contributed by atoms with Crippen LogP contribution in [0, 0.1) is 0 Å². The number of rotatable bonds is 6. The van der Waals surface area contributed by atoms with Crippen molar-refractivity contribution < 1.29 is 14.3 Å². The topological polar surface area (TPSA) is 55.4 Å². The average Bonchev–Trinajstić information content (AvgIpc) is 2.55. The molecule has 2 rings (SSSR count). The summed E-state index contributed by atoms with van der Waals surface area (Å²) in [6, 6.07) is 15.4. The Morgan fingerprint density at radius 2 is 1.74 bits per heavy atom. The van der Waals surface area contributed by atoms with Crippen LogP contribution in [-0.4, -0.2) is 24.5 Å². The summed E-state index contributed by atoms with van der Waals surface area (Å²) < 4.78 is 5.06. The van der Waals surface area contributed by atoms with Gasteiger partial charge in [-0.05, 0) is 24.6 Å². The lowest BCUT2D eigenvalue weighted by Gasteiger charge is -2.18. The first-order chi connectivity index (χ1) is 11.1. The van der Waals surface area contributed by atoms with E-state index < -0.39 is 17.9 Å². The van der Waals surface area contributed by atoms with Gasteiger partial charge in [0.25, 0.3) is 5.91 Å². The zero-order valence-corrected chi connectivity index (χ0v) is 13.5. The van der Waals surface area contributed by atoms with E-state index in [0.29, 0.717) is 17.0 Å². The molecule has 0 aliphatic rings. The van der Waals surface area contributed by atoms with Crippen LogP contribution in [-0.2, 0) is 16.0 Å². The predicted octanol–water partition coefficient (Wildman–Crippen LogP) is 3.24. The van der Waals surface area contributed by atoms with Crippen molar-refractivity contribution in [2.75, 3.05) is 6.61 Å². The molecule has 0 fully saturated rings. The molecule has 0 aliphatic carbocycles. The number of ether oxygens (including phenoxy) is 1. The van der Waals surface area contributed by atoms with Crippen LogP contribution in [0.5, 0.6) is 0 Å². The first-order valence-corrected chi connectivity index (χ1v) is 7.75. The van der Waals surface area contributed by atoms with E-state index >= 15 is 0 Å². The third-order valence-electron chi connectivity index (χ3n) is 3.28. The molecule has 0 aromatic heterocycles. The molecule has 2 aromatic rings. The SMILES string of the molecule is CCOC(=O)C(Cc1ccccc1)NC(=O)c1ccccc1Cl. The summed E-state index contributed by atoms with van der Waals surface area (Å²) in [5.41, 5.74) is 1.27. The molecule has 1 N–H and O–H groups in total. The molecule has 0 bridgehead atoms. The van der Waals surface area contributed by atoms with Gasteiger partial charge in [-0.1, -0.05) is 54.1 Å². The number of nitrogens with one attached hydrogen (secondary N) is 1. The third kappa shape index (κ3) is 4.83. The molecule has 1 unspecified atom stereocenters. The zero-order valence-electron chi connectivity index (χ0n) is 12.8. The lowest BCUT2D eigenvalue weighted by Crippen LogP contribution is -2.43. The van der Waals surface area contributed by atoms with E-state index in [1.807, 2.05) is 30.3 Å². The standard InChI is InChI=1S/C18H18ClNO3/c1-2-23-18(22)16(12-13-8-4-3-5-9-13)20-17(21)14-10-6-7-11-15(14)19/h3-11,16H,2,12H2,1H3,(H,20,21). The number of carbonyl (C=O) groups is 2. The highest BCUT2D eigenvalue weighted by Gasteiger charge is 2.23. The van der Waals surface area contributed by atoms with Crippen molar-refractivity contribution in [2.24, 2.45) is 0 Å². The van der Waals surface area contributed by atoms with E-state index in [0.717, 1.165) is 5.56 Å². The molecule has 23 heavy (non-hydrogen) atoms. The molecule has 0 saturated carbocycles. The van der Waals surface area contributed by atoms with Crippen molar-refractivity contribution in [2.45, 2.75) is 19.4 Å². The normalized spacial score (nSPS) is 11.6. The van der Waals surface area contributed by atoms with Gasteiger partial charge >= 0.3 is 5.97 Å². The first kappa shape index (κ1) is 17.0. The Morgan fingerprint density at radius 3 is 2.39 bits per heavy atom. The zero-order chi connectivity index (χ0) is 16.7. The minimum atomic E-state index is -0.763. The molecule has 0 heterocycles. The predicted molar refractivity (Wildman–Crippen MR) is 89.5 cm³/mol. The van der Waals surface area contributed by atoms with Gasteiger partial charge in [-0.25, -0.2) is 4.79 Å². The molecule has 0 saturated heterocycles. The van der Waals surface area contributed by atoms with Crippen LogP contribution in [0.3, 0.4) is 0 Å². The highest BCUT2D eigenvalue weighted by Crippen LogP contribution is 2.15. The van der Waals surface area contributed by atoms with Crippen LogP contribution in [0.4, 0.5) is 0 Å². The van der Waals surface area contributed by atoms with Gasteiger partial charge in [-0.3, -0.25) is 4.79 Å². The Balaban J connectivity index is 2.15. The van der Waals surface area contributed by atoms with Gasteiger partial charge in [0, 0.05) is 6.42 Å². The van der Waals surface area contributed by atoms with Crippen LogP contribution < -0.4 is 5.32 Å². The average molecular weight is 332 g/mol. The molecule has 120 valence electrons. The summed E-state index contributed by atoms with van der Waals surface area (Å²) in [4.78, 5) is 24.5. The smallest absolute Gasteiger partial charge is 0.328 e. The molecule has 0 aliphatic heterocycles. The van der Waals surface area contributed by atoms with E-state index in [1.165, 1.54) is 0 Å². The van der Waals surface area contributed by atoms with Gasteiger partial charge in [0.2, 0.25) is 0 Å². The van der Waals surface area contributed by atoms with E-state index in [2.05, 4.69) is 5.32 Å². The molecule has 2 aromatic carbocycles. The number of hydrogen-bond acceptors (Lipinski definition) is 3. The Labute approximate surface area is 140 Å². The summed E-state index contributed by atoms with van der Waals surface area (Å²) in [5, 5.41) is 3.05. The summed E-state index contributed by atoms with van der Waals surface area (Å²) in [6.07, 6.45) is 0.357. The number of amides is 1. The van der Waals surface area contributed by atoms with Crippen LogP contribution in [0.2, 0.25) is 5.02 Å². The van der Waals surface area contributed by atoms with Crippen LogP contribution in [0.15, 0.2) is 54.6 Å². The van der Waals surface area contributed by atoms with Crippen LogP contribution in [0.1, 0.15) is 22.8 Å². The van der Waals surface area contributed by atoms with Gasteiger partial charge in [0.1, 0.15) is 6.04 Å². The van der Waals surface area contributed by atoms with Crippen molar-refractivity contribution in [3.63, 3.8) is 0 Å². The fourth-order valence-electron chi connectivity index (χ4n) is 2.17. The molecule has 0 radical (unpaired) electrons. The van der Waals surface area contributed by atoms with Crippen molar-refractivity contribution >= 4 is 23.5 Å². The molecule has 1 amide bonds. The summed E-state index contributed by atoms with van der Waals surface area (Å²) in [6.45, 7) is 1.99. The van der Waals surface area contributed by atoms with E-state index in [-0.39, 0.29) is 6.61 Å². The highest BCUT2D eigenvalue weighted by molar-refractivity contribution is 6.33. The molecular formula is C18H18ClNO3. The van der Waals surface area contributed by atoms with Crippen molar-refractivity contribution in [3.05, 3.63) is 70.7 Å². The largest absolute Gasteiger partial charge is 0.464 e. The van der Waals surface area contributed by atoms with Gasteiger partial charge in [0.05, 0.1) is 17.2 Å². The Bertz CT molecular complexity index is 673. The van der Waals surface area contributed by atoms with Crippen molar-refractivity contribution in [1.82, 2.24) is 5.32 Å². The Kier molecular flexibility index (Phi) is 6.18. The second-order valence-corrected chi connectivity index (χ2v) is 5.35. The lowest BCUT2D eigenvalue weighted by molar-refractivity contribution is -0.145. The van der Waals surface area contributed by atoms with E-state index in [9.17, 15) is 9.59 Å². The fraction of sp³-hybridized carbons (Fsp3) is 0.222. The van der Waals surface area contributed by atoms with Crippen molar-refractivity contribution in [3.8, 4) is 0 Å². The van der Waals surface area contributed by atoms with E-state index in [4.69, 9.17) is 16.3 Å². The minimum absolute atomic E-state index is 0.256. The molecule has 5 heteroatoms. The summed E-state index contributed by atoms with van der Waals surface area (Å²) >= 11 is 6.03. The molecule has 0 spiro atoms. The number of benzene rings is 2. The van der Waals surface area contributed by atoms with E-state index in [1.54, 1.807) is 31.2 Å². The highest BCUT2D eigenvalue weighted by atomic mass is 35.5. The number of esters is 1. The van der Waals surface area contributed by atoms with Gasteiger partial charge < -0.3 is 10.1 Å². The van der Waals surface area contributed by atoms with Gasteiger partial charge in [0.15, 0.2) is 0 Å². The van der Waals surface area contributed by atoms with Crippen molar-refractivity contribution in [1.29, 1.82) is 0 Å². The Morgan fingerprint density at radius 1 is 1.09 bits per heavy atom. The Hall–Kier alpha value is -2.33. The monoisotopic (exact) mass is 331 g/mol. The second-order valence-electron chi connectivity index (χ2n) is 4.95. The van der Waals surface area contributed by atoms with Crippen LogP contribution in [0.25, 0.3) is 0 Å². The number of hydrogen-bond donors (Lipinski definition) is 1. The summed E-state index contributed by atoms with van der Waals surface area (Å²) in [5.74, 6) is -0.860. The summed E-state index contributed by atoms with van der Waals surface area (Å²) in [7, 11) is 0. The maximum absolute atomic E-state index is 12.4. The maximum Gasteiger partial charge on any atom is 0.328 e. The van der Waals surface area contributed by atoms with Crippen LogP contribution >= 0.6 is 11.6 Å². The molecule has 1 atom stereocenters. The quantitative estimate of drug-likeness (QED) is 0.827. The number of halogens is 1. The fourth-order valence-corrected chi connectivity index (χ4v) is 2.39. The molecule has 4 nitrogen and oxygen atoms in total.